The topological polar surface area (TPSA) is 63.4 Å². The Kier molecular flexibility index (Phi) is 6.39. The maximum Gasteiger partial charge on any atom is 0.266 e. The summed E-state index contributed by atoms with van der Waals surface area (Å²) in [4.78, 5) is 30.4. The van der Waals surface area contributed by atoms with Crippen LogP contribution in [-0.2, 0) is 6.42 Å². The number of nitrogen functional groups attached to an aromatic ring is 1. The maximum atomic E-state index is 14.5. The Labute approximate surface area is 272 Å². The van der Waals surface area contributed by atoms with Crippen molar-refractivity contribution < 1.29 is 9.59 Å². The number of carbonyl (C=O) groups is 2. The minimum atomic E-state index is -0.269. The molecule has 0 spiro atoms. The standard InChI is InChI=1S/C41H33ClN2O2/c1-21(2)26-7-5-8-27(22(3)4)39(26)44-40(45)33-16-14-31-29-10-6-9-28-23(19-24-20-25(42)12-18-35(24)43)11-13-30(36(28)29)32-15-17-34(41(44)46)38(33)37(31)32/h5-18,20-22H,19,43H2,1-4H3. The Hall–Kier alpha value is -4.93. The molecule has 7 aromatic rings. The number of amides is 2. The lowest BCUT2D eigenvalue weighted by atomic mass is 9.83. The summed E-state index contributed by atoms with van der Waals surface area (Å²) in [5.74, 6) is -0.254. The van der Waals surface area contributed by atoms with Crippen molar-refractivity contribution in [2.45, 2.75) is 46.0 Å². The molecule has 226 valence electrons. The molecular formula is C41H33ClN2O2. The van der Waals surface area contributed by atoms with E-state index in [1.54, 1.807) is 0 Å². The van der Waals surface area contributed by atoms with Gasteiger partial charge in [0.25, 0.3) is 11.8 Å². The van der Waals surface area contributed by atoms with Crippen LogP contribution in [0.25, 0.3) is 43.1 Å². The number of fused-ring (bicyclic) bond motifs is 2. The van der Waals surface area contributed by atoms with Crippen LogP contribution in [0.2, 0.25) is 5.02 Å². The third-order valence-electron chi connectivity index (χ3n) is 9.79. The first-order chi connectivity index (χ1) is 22.2. The Bertz CT molecular complexity index is 2330. The van der Waals surface area contributed by atoms with Gasteiger partial charge >= 0.3 is 0 Å². The number of hydrogen-bond acceptors (Lipinski definition) is 3. The molecule has 0 saturated carbocycles. The van der Waals surface area contributed by atoms with Crippen molar-refractivity contribution >= 4 is 77.9 Å². The van der Waals surface area contributed by atoms with Gasteiger partial charge in [-0.1, -0.05) is 100.0 Å². The third kappa shape index (κ3) is 3.99. The molecular weight excluding hydrogens is 588 g/mol. The second-order valence-corrected chi connectivity index (χ2v) is 13.6. The Morgan fingerprint density at radius 3 is 1.78 bits per heavy atom. The van der Waals surface area contributed by atoms with Crippen LogP contribution < -0.4 is 10.6 Å². The number of carbonyl (C=O) groups excluding carboxylic acids is 2. The molecule has 1 aliphatic rings. The predicted octanol–water partition coefficient (Wildman–Crippen LogP) is 10.6. The first kappa shape index (κ1) is 28.5. The Morgan fingerprint density at radius 1 is 0.609 bits per heavy atom. The van der Waals surface area contributed by atoms with E-state index in [2.05, 4.69) is 70.2 Å². The predicted molar refractivity (Wildman–Crippen MR) is 192 cm³/mol. The van der Waals surface area contributed by atoms with E-state index in [-0.39, 0.29) is 23.7 Å². The van der Waals surface area contributed by atoms with Crippen molar-refractivity contribution in [1.82, 2.24) is 0 Å². The maximum absolute atomic E-state index is 14.5. The molecule has 8 rings (SSSR count). The first-order valence-electron chi connectivity index (χ1n) is 15.9. The average molecular weight is 621 g/mol. The number of nitrogens with zero attached hydrogens (tertiary/aromatic N) is 1. The van der Waals surface area contributed by atoms with E-state index in [0.717, 1.165) is 71.3 Å². The molecule has 0 saturated heterocycles. The molecule has 0 aromatic heterocycles. The van der Waals surface area contributed by atoms with Crippen LogP contribution in [0.5, 0.6) is 0 Å². The smallest absolute Gasteiger partial charge is 0.266 e. The highest BCUT2D eigenvalue weighted by Gasteiger charge is 2.38. The first-order valence-corrected chi connectivity index (χ1v) is 16.2. The van der Waals surface area contributed by atoms with Crippen LogP contribution in [0.1, 0.15) is 82.5 Å². The summed E-state index contributed by atoms with van der Waals surface area (Å²) in [6, 6.07) is 30.4. The molecule has 0 atom stereocenters. The molecule has 1 aliphatic heterocycles. The normalized spacial score (nSPS) is 13.5. The van der Waals surface area contributed by atoms with Crippen molar-refractivity contribution in [2.75, 3.05) is 10.6 Å². The van der Waals surface area contributed by atoms with Gasteiger partial charge < -0.3 is 5.73 Å². The van der Waals surface area contributed by atoms with Gasteiger partial charge in [0, 0.05) is 33.6 Å². The lowest BCUT2D eigenvalue weighted by molar-refractivity contribution is 0.0893. The van der Waals surface area contributed by atoms with Gasteiger partial charge in [0.15, 0.2) is 0 Å². The third-order valence-corrected chi connectivity index (χ3v) is 10.0. The highest BCUT2D eigenvalue weighted by molar-refractivity contribution is 6.42. The van der Waals surface area contributed by atoms with E-state index in [4.69, 9.17) is 17.3 Å². The van der Waals surface area contributed by atoms with Crippen LogP contribution >= 0.6 is 11.6 Å². The van der Waals surface area contributed by atoms with Gasteiger partial charge in [-0.2, -0.15) is 0 Å². The molecule has 0 fully saturated rings. The molecule has 2 N–H and O–H groups in total. The van der Waals surface area contributed by atoms with Gasteiger partial charge in [-0.15, -0.1) is 0 Å². The number of para-hydroxylation sites is 1. The van der Waals surface area contributed by atoms with E-state index >= 15 is 0 Å². The summed E-state index contributed by atoms with van der Waals surface area (Å²) in [6.45, 7) is 8.42. The van der Waals surface area contributed by atoms with Crippen molar-refractivity contribution in [3.63, 3.8) is 0 Å². The van der Waals surface area contributed by atoms with Crippen LogP contribution in [0, 0.1) is 0 Å². The van der Waals surface area contributed by atoms with Crippen LogP contribution in [-0.4, -0.2) is 11.8 Å². The minimum absolute atomic E-state index is 0.142. The molecule has 0 unspecified atom stereocenters. The highest BCUT2D eigenvalue weighted by atomic mass is 35.5. The van der Waals surface area contributed by atoms with Gasteiger partial charge in [0.05, 0.1) is 5.69 Å². The van der Waals surface area contributed by atoms with Gasteiger partial charge in [-0.3, -0.25) is 9.59 Å². The molecule has 0 bridgehead atoms. The fourth-order valence-electron chi connectivity index (χ4n) is 7.61. The minimum Gasteiger partial charge on any atom is -0.398 e. The summed E-state index contributed by atoms with van der Waals surface area (Å²) in [6.07, 6.45) is 0.655. The van der Waals surface area contributed by atoms with Crippen molar-refractivity contribution in [2.24, 2.45) is 0 Å². The number of halogens is 1. The average Bonchev–Trinajstić information content (AvgIpc) is 3.04. The van der Waals surface area contributed by atoms with Crippen LogP contribution in [0.15, 0.2) is 91.0 Å². The molecule has 4 nitrogen and oxygen atoms in total. The number of imide groups is 1. The van der Waals surface area contributed by atoms with Gasteiger partial charge in [0.2, 0.25) is 0 Å². The highest BCUT2D eigenvalue weighted by Crippen LogP contribution is 2.46. The summed E-state index contributed by atoms with van der Waals surface area (Å²) < 4.78 is 0. The summed E-state index contributed by atoms with van der Waals surface area (Å²) in [5.41, 5.74) is 13.1. The van der Waals surface area contributed by atoms with Crippen molar-refractivity contribution in [3.8, 4) is 0 Å². The summed E-state index contributed by atoms with van der Waals surface area (Å²) in [7, 11) is 0. The lowest BCUT2D eigenvalue weighted by Gasteiger charge is -2.32. The van der Waals surface area contributed by atoms with E-state index < -0.39 is 0 Å². The van der Waals surface area contributed by atoms with E-state index in [1.807, 2.05) is 48.5 Å². The van der Waals surface area contributed by atoms with Crippen LogP contribution in [0.3, 0.4) is 0 Å². The van der Waals surface area contributed by atoms with E-state index in [9.17, 15) is 9.59 Å². The number of rotatable bonds is 5. The number of nitrogens with two attached hydrogens (primary N) is 1. The van der Waals surface area contributed by atoms with Gasteiger partial charge in [-0.05, 0) is 102 Å². The zero-order chi connectivity index (χ0) is 32.0. The number of anilines is 2. The molecule has 5 heteroatoms. The zero-order valence-corrected chi connectivity index (χ0v) is 27.0. The quantitative estimate of drug-likeness (QED) is 0.0901. The fraction of sp³-hybridized carbons (Fsp3) is 0.171. The zero-order valence-electron chi connectivity index (χ0n) is 26.2. The second-order valence-electron chi connectivity index (χ2n) is 13.1. The van der Waals surface area contributed by atoms with Gasteiger partial charge in [0.1, 0.15) is 0 Å². The van der Waals surface area contributed by atoms with E-state index in [1.165, 1.54) is 10.3 Å². The summed E-state index contributed by atoms with van der Waals surface area (Å²) >= 11 is 6.33. The number of benzene rings is 7. The molecule has 0 radical (unpaired) electrons. The number of hydrogen-bond donors (Lipinski definition) is 1. The molecule has 7 aromatic carbocycles. The molecule has 2 amide bonds. The van der Waals surface area contributed by atoms with Gasteiger partial charge in [-0.25, -0.2) is 4.90 Å². The summed E-state index contributed by atoms with van der Waals surface area (Å²) in [5, 5.41) is 8.95. The Balaban J connectivity index is 1.37. The SMILES string of the molecule is CC(C)c1cccc(C(C)C)c1N1C(=O)c2ccc3c4cccc5c(Cc6cc(Cl)ccc6N)ccc(c6ccc(c2c36)C1=O)c54. The molecule has 46 heavy (non-hydrogen) atoms. The fourth-order valence-corrected chi connectivity index (χ4v) is 7.80. The lowest BCUT2D eigenvalue weighted by Crippen LogP contribution is -2.41. The monoisotopic (exact) mass is 620 g/mol. The largest absolute Gasteiger partial charge is 0.398 e. The Morgan fingerprint density at radius 2 is 1.15 bits per heavy atom. The van der Waals surface area contributed by atoms with Crippen molar-refractivity contribution in [1.29, 1.82) is 0 Å². The molecule has 1 heterocycles. The second kappa shape index (κ2) is 10.3. The van der Waals surface area contributed by atoms with Crippen LogP contribution in [0.4, 0.5) is 11.4 Å². The molecule has 0 aliphatic carbocycles. The van der Waals surface area contributed by atoms with E-state index in [0.29, 0.717) is 22.6 Å². The van der Waals surface area contributed by atoms with Crippen molar-refractivity contribution in [3.05, 3.63) is 129 Å².